The molecule has 4 nitrogen and oxygen atoms in total. The summed E-state index contributed by atoms with van der Waals surface area (Å²) < 4.78 is 5.26. The Bertz CT molecular complexity index is 441. The molecule has 2 rings (SSSR count). The molecular formula is C13H14N2O2. The molecule has 17 heavy (non-hydrogen) atoms. The van der Waals surface area contributed by atoms with Crippen LogP contribution in [-0.4, -0.2) is 37.1 Å². The summed E-state index contributed by atoms with van der Waals surface area (Å²) in [5.41, 5.74) is 1.17. The van der Waals surface area contributed by atoms with E-state index in [2.05, 4.69) is 0 Å². The van der Waals surface area contributed by atoms with Crippen molar-refractivity contribution in [3.63, 3.8) is 0 Å². The van der Waals surface area contributed by atoms with Gasteiger partial charge in [0, 0.05) is 19.2 Å². The highest BCUT2D eigenvalue weighted by molar-refractivity contribution is 5.94. The van der Waals surface area contributed by atoms with Crippen molar-refractivity contribution in [1.29, 1.82) is 5.26 Å². The van der Waals surface area contributed by atoms with Crippen LogP contribution in [0.4, 0.5) is 0 Å². The molecule has 1 atom stereocenters. The van der Waals surface area contributed by atoms with Gasteiger partial charge in [-0.2, -0.15) is 5.26 Å². The zero-order chi connectivity index (χ0) is 12.3. The van der Waals surface area contributed by atoms with Gasteiger partial charge < -0.3 is 9.64 Å². The second kappa shape index (κ2) is 4.98. The van der Waals surface area contributed by atoms with Crippen molar-refractivity contribution in [3.8, 4) is 6.07 Å². The van der Waals surface area contributed by atoms with Gasteiger partial charge in [0.15, 0.2) is 0 Å². The summed E-state index contributed by atoms with van der Waals surface area (Å²) in [5.74, 6) is -0.0232. The van der Waals surface area contributed by atoms with Gasteiger partial charge in [0.1, 0.15) is 0 Å². The van der Waals surface area contributed by atoms with Crippen LogP contribution in [0.2, 0.25) is 0 Å². The van der Waals surface area contributed by atoms with E-state index in [1.807, 2.05) is 6.07 Å². The van der Waals surface area contributed by atoms with Crippen LogP contribution >= 0.6 is 0 Å². The standard InChI is InChI=1S/C13H14N2O2/c1-15(12-6-7-17-9-12)13(16)11-4-2-10(8-14)3-5-11/h2-5,12H,6-7,9H2,1H3. The van der Waals surface area contributed by atoms with Crippen LogP contribution in [0.15, 0.2) is 24.3 Å². The maximum Gasteiger partial charge on any atom is 0.253 e. The first-order chi connectivity index (χ1) is 8.22. The second-order valence-electron chi connectivity index (χ2n) is 4.12. The molecule has 1 fully saturated rings. The smallest absolute Gasteiger partial charge is 0.253 e. The summed E-state index contributed by atoms with van der Waals surface area (Å²) in [6.07, 6.45) is 0.887. The van der Waals surface area contributed by atoms with E-state index >= 15 is 0 Å². The molecule has 1 aromatic rings. The number of ether oxygens (including phenoxy) is 1. The quantitative estimate of drug-likeness (QED) is 0.772. The summed E-state index contributed by atoms with van der Waals surface area (Å²) in [4.78, 5) is 13.8. The van der Waals surface area contributed by atoms with Gasteiger partial charge in [-0.25, -0.2) is 0 Å². The van der Waals surface area contributed by atoms with Gasteiger partial charge in [0.2, 0.25) is 0 Å². The minimum atomic E-state index is -0.0232. The van der Waals surface area contributed by atoms with Gasteiger partial charge in [-0.3, -0.25) is 4.79 Å². The molecular weight excluding hydrogens is 216 g/mol. The second-order valence-corrected chi connectivity index (χ2v) is 4.12. The minimum absolute atomic E-state index is 0.0232. The molecule has 0 saturated carbocycles. The predicted octanol–water partition coefficient (Wildman–Crippen LogP) is 1.42. The van der Waals surface area contributed by atoms with Crippen molar-refractivity contribution in [2.75, 3.05) is 20.3 Å². The Kier molecular flexibility index (Phi) is 3.40. The topological polar surface area (TPSA) is 53.3 Å². The van der Waals surface area contributed by atoms with Crippen LogP contribution in [0.1, 0.15) is 22.3 Å². The van der Waals surface area contributed by atoms with Crippen molar-refractivity contribution >= 4 is 5.91 Å². The summed E-state index contributed by atoms with van der Waals surface area (Å²) in [6.45, 7) is 1.33. The van der Waals surface area contributed by atoms with Crippen molar-refractivity contribution < 1.29 is 9.53 Å². The predicted molar refractivity (Wildman–Crippen MR) is 62.5 cm³/mol. The highest BCUT2D eigenvalue weighted by Gasteiger charge is 2.24. The van der Waals surface area contributed by atoms with E-state index in [0.717, 1.165) is 13.0 Å². The Hall–Kier alpha value is -1.86. The molecule has 88 valence electrons. The average Bonchev–Trinajstić information content (AvgIpc) is 2.91. The van der Waals surface area contributed by atoms with E-state index in [9.17, 15) is 4.79 Å². The zero-order valence-electron chi connectivity index (χ0n) is 9.72. The van der Waals surface area contributed by atoms with E-state index in [1.54, 1.807) is 36.2 Å². The molecule has 1 aliphatic rings. The van der Waals surface area contributed by atoms with E-state index in [0.29, 0.717) is 17.7 Å². The minimum Gasteiger partial charge on any atom is -0.379 e. The Morgan fingerprint density at radius 2 is 2.18 bits per heavy atom. The number of hydrogen-bond donors (Lipinski definition) is 0. The Morgan fingerprint density at radius 1 is 1.47 bits per heavy atom. The fraction of sp³-hybridized carbons (Fsp3) is 0.385. The number of nitrogens with zero attached hydrogens (tertiary/aromatic N) is 2. The third-order valence-corrected chi connectivity index (χ3v) is 3.03. The summed E-state index contributed by atoms with van der Waals surface area (Å²) in [6, 6.07) is 8.89. The molecule has 0 N–H and O–H groups in total. The van der Waals surface area contributed by atoms with Gasteiger partial charge >= 0.3 is 0 Å². The molecule has 1 unspecified atom stereocenters. The van der Waals surface area contributed by atoms with Crippen molar-refractivity contribution in [1.82, 2.24) is 4.90 Å². The van der Waals surface area contributed by atoms with Crippen LogP contribution in [0, 0.1) is 11.3 Å². The first-order valence-corrected chi connectivity index (χ1v) is 5.57. The lowest BCUT2D eigenvalue weighted by Gasteiger charge is -2.23. The first kappa shape index (κ1) is 11.6. The number of likely N-dealkylation sites (N-methyl/N-ethyl adjacent to an activating group) is 1. The van der Waals surface area contributed by atoms with Crippen molar-refractivity contribution in [2.45, 2.75) is 12.5 Å². The number of carbonyl (C=O) groups is 1. The molecule has 4 heteroatoms. The lowest BCUT2D eigenvalue weighted by Crippen LogP contribution is -2.37. The van der Waals surface area contributed by atoms with Crippen molar-refractivity contribution in [3.05, 3.63) is 35.4 Å². The molecule has 0 bridgehead atoms. The number of amides is 1. The monoisotopic (exact) mass is 230 g/mol. The SMILES string of the molecule is CN(C(=O)c1ccc(C#N)cc1)C1CCOC1. The van der Waals surface area contributed by atoms with Gasteiger partial charge in [-0.05, 0) is 30.7 Å². The fourth-order valence-corrected chi connectivity index (χ4v) is 1.88. The zero-order valence-corrected chi connectivity index (χ0v) is 9.72. The Labute approximate surface area is 100 Å². The van der Waals surface area contributed by atoms with Crippen LogP contribution < -0.4 is 0 Å². The number of nitriles is 1. The van der Waals surface area contributed by atoms with Crippen LogP contribution in [0.25, 0.3) is 0 Å². The van der Waals surface area contributed by atoms with Crippen molar-refractivity contribution in [2.24, 2.45) is 0 Å². The molecule has 1 saturated heterocycles. The number of benzene rings is 1. The molecule has 1 aromatic carbocycles. The highest BCUT2D eigenvalue weighted by atomic mass is 16.5. The average molecular weight is 230 g/mol. The summed E-state index contributed by atoms with van der Waals surface area (Å²) in [5, 5.41) is 8.69. The van der Waals surface area contributed by atoms with Gasteiger partial charge in [-0.1, -0.05) is 0 Å². The maximum absolute atomic E-state index is 12.1. The maximum atomic E-state index is 12.1. The van der Waals surface area contributed by atoms with Crippen LogP contribution in [-0.2, 0) is 4.74 Å². The third-order valence-electron chi connectivity index (χ3n) is 3.03. The lowest BCUT2D eigenvalue weighted by molar-refractivity contribution is 0.0711. The van der Waals surface area contributed by atoms with E-state index in [-0.39, 0.29) is 11.9 Å². The van der Waals surface area contributed by atoms with E-state index in [1.165, 1.54) is 0 Å². The first-order valence-electron chi connectivity index (χ1n) is 5.57. The Morgan fingerprint density at radius 3 is 2.71 bits per heavy atom. The van der Waals surface area contributed by atoms with Gasteiger partial charge in [-0.15, -0.1) is 0 Å². The van der Waals surface area contributed by atoms with Crippen LogP contribution in [0.5, 0.6) is 0 Å². The molecule has 0 radical (unpaired) electrons. The molecule has 0 aliphatic carbocycles. The van der Waals surface area contributed by atoms with Gasteiger partial charge in [0.05, 0.1) is 24.3 Å². The fourth-order valence-electron chi connectivity index (χ4n) is 1.88. The van der Waals surface area contributed by atoms with E-state index < -0.39 is 0 Å². The highest BCUT2D eigenvalue weighted by Crippen LogP contribution is 2.14. The molecule has 0 spiro atoms. The van der Waals surface area contributed by atoms with Gasteiger partial charge in [0.25, 0.3) is 5.91 Å². The number of carbonyl (C=O) groups excluding carboxylic acids is 1. The number of rotatable bonds is 2. The molecule has 0 aromatic heterocycles. The summed E-state index contributed by atoms with van der Waals surface area (Å²) in [7, 11) is 1.79. The Balaban J connectivity index is 2.10. The van der Waals surface area contributed by atoms with E-state index in [4.69, 9.17) is 10.00 Å². The largest absolute Gasteiger partial charge is 0.379 e. The molecule has 1 aliphatic heterocycles. The molecule has 1 amide bonds. The number of hydrogen-bond acceptors (Lipinski definition) is 3. The normalized spacial score (nSPS) is 18.7. The van der Waals surface area contributed by atoms with Crippen LogP contribution in [0.3, 0.4) is 0 Å². The summed E-state index contributed by atoms with van der Waals surface area (Å²) >= 11 is 0. The molecule has 1 heterocycles. The third kappa shape index (κ3) is 2.45. The lowest BCUT2D eigenvalue weighted by atomic mass is 10.1.